The van der Waals surface area contributed by atoms with Crippen LogP contribution in [0.4, 0.5) is 13.2 Å². The van der Waals surface area contributed by atoms with Crippen LogP contribution in [0.25, 0.3) is 11.2 Å². The number of hydrogen-bond acceptors (Lipinski definition) is 4. The molecule has 0 amide bonds. The molecule has 29 heavy (non-hydrogen) atoms. The third kappa shape index (κ3) is 4.22. The van der Waals surface area contributed by atoms with Gasteiger partial charge in [-0.25, -0.2) is 4.98 Å². The highest BCUT2D eigenvalue weighted by Gasteiger charge is 2.39. The number of benzene rings is 1. The van der Waals surface area contributed by atoms with Crippen molar-refractivity contribution in [2.45, 2.75) is 51.1 Å². The Morgan fingerprint density at radius 1 is 1.24 bits per heavy atom. The minimum Gasteiger partial charge on any atom is -0.342 e. The maximum Gasteiger partial charge on any atom is 0.416 e. The van der Waals surface area contributed by atoms with E-state index in [1.807, 2.05) is 0 Å². The fraction of sp³-hybridized carbons (Fsp3) is 0.500. The Kier molecular flexibility index (Phi) is 5.46. The Labute approximate surface area is 171 Å². The van der Waals surface area contributed by atoms with E-state index in [1.54, 1.807) is 6.33 Å². The minimum absolute atomic E-state index is 0.164. The van der Waals surface area contributed by atoms with E-state index in [0.717, 1.165) is 54.6 Å². The third-order valence-electron chi connectivity index (χ3n) is 5.81. The molecule has 5 nitrogen and oxygen atoms in total. The maximum atomic E-state index is 12.9. The van der Waals surface area contributed by atoms with Crippen LogP contribution in [-0.2, 0) is 12.6 Å². The predicted octanol–water partition coefficient (Wildman–Crippen LogP) is 5.57. The van der Waals surface area contributed by atoms with Crippen molar-refractivity contribution in [3.05, 3.63) is 46.4 Å². The predicted molar refractivity (Wildman–Crippen MR) is 103 cm³/mol. The normalized spacial score (nSPS) is 16.9. The Morgan fingerprint density at radius 2 is 2.03 bits per heavy atom. The van der Waals surface area contributed by atoms with Gasteiger partial charge in [-0.3, -0.25) is 0 Å². The van der Waals surface area contributed by atoms with Gasteiger partial charge in [0.2, 0.25) is 5.65 Å². The summed E-state index contributed by atoms with van der Waals surface area (Å²) in [7, 11) is 0. The number of alkyl halides is 3. The summed E-state index contributed by atoms with van der Waals surface area (Å²) in [4.78, 5) is 7.31. The molecule has 0 bridgehead atoms. The Bertz CT molecular complexity index is 999. The molecule has 1 saturated carbocycles. The highest BCUT2D eigenvalue weighted by molar-refractivity contribution is 6.31. The van der Waals surface area contributed by atoms with Gasteiger partial charge in [0.1, 0.15) is 5.52 Å². The van der Waals surface area contributed by atoms with Gasteiger partial charge >= 0.3 is 6.18 Å². The van der Waals surface area contributed by atoms with Crippen molar-refractivity contribution in [2.75, 3.05) is 0 Å². The molecule has 1 aliphatic carbocycles. The van der Waals surface area contributed by atoms with E-state index >= 15 is 0 Å². The van der Waals surface area contributed by atoms with Gasteiger partial charge in [-0.1, -0.05) is 31.0 Å². The van der Waals surface area contributed by atoms with Gasteiger partial charge in [-0.05, 0) is 60.4 Å². The second kappa shape index (κ2) is 7.89. The van der Waals surface area contributed by atoms with Crippen LogP contribution in [0.2, 0.25) is 5.02 Å². The van der Waals surface area contributed by atoms with Crippen LogP contribution in [0.1, 0.15) is 55.3 Å². The summed E-state index contributed by atoms with van der Waals surface area (Å²) in [6, 6.07) is 3.60. The average Bonchev–Trinajstić information content (AvgIpc) is 3.40. The standard InChI is InChI=1S/C20H21ClF3N5/c1-2-11(3-4-12-7-8-14(9-15(12)21)20(22,23)24)16(13-5-6-13)17-18-19(26-10-25-18)28-29-27-17/h7-11,13,16H,2-6H2,1H3,(H,25,26,27,28). The number of hydrogen-bond donors (Lipinski definition) is 1. The minimum atomic E-state index is -4.39. The van der Waals surface area contributed by atoms with Crippen LogP contribution in [0.3, 0.4) is 0 Å². The van der Waals surface area contributed by atoms with E-state index in [4.69, 9.17) is 11.6 Å². The van der Waals surface area contributed by atoms with Crippen molar-refractivity contribution in [1.82, 2.24) is 25.4 Å². The quantitative estimate of drug-likeness (QED) is 0.539. The molecule has 2 aromatic heterocycles. The zero-order chi connectivity index (χ0) is 20.6. The zero-order valence-corrected chi connectivity index (χ0v) is 16.6. The monoisotopic (exact) mass is 423 g/mol. The van der Waals surface area contributed by atoms with E-state index in [0.29, 0.717) is 23.9 Å². The highest BCUT2D eigenvalue weighted by atomic mass is 35.5. The van der Waals surface area contributed by atoms with Crippen LogP contribution in [0.5, 0.6) is 0 Å². The molecule has 0 saturated heterocycles. The molecule has 0 radical (unpaired) electrons. The molecule has 2 unspecified atom stereocenters. The first-order valence-electron chi connectivity index (χ1n) is 9.76. The number of H-pyrrole nitrogens is 1. The van der Waals surface area contributed by atoms with Gasteiger partial charge in [-0.15, -0.1) is 10.2 Å². The molecule has 1 aromatic carbocycles. The summed E-state index contributed by atoms with van der Waals surface area (Å²) >= 11 is 6.15. The highest BCUT2D eigenvalue weighted by Crippen LogP contribution is 2.49. The van der Waals surface area contributed by atoms with Crippen molar-refractivity contribution >= 4 is 22.8 Å². The maximum absolute atomic E-state index is 12.9. The Morgan fingerprint density at radius 3 is 2.69 bits per heavy atom. The van der Waals surface area contributed by atoms with Gasteiger partial charge < -0.3 is 4.98 Å². The summed E-state index contributed by atoms with van der Waals surface area (Å²) < 4.78 is 38.6. The lowest BCUT2D eigenvalue weighted by Crippen LogP contribution is -2.18. The number of fused-ring (bicyclic) bond motifs is 1. The van der Waals surface area contributed by atoms with Crippen LogP contribution in [0, 0.1) is 11.8 Å². The molecule has 154 valence electrons. The van der Waals surface area contributed by atoms with E-state index < -0.39 is 11.7 Å². The zero-order valence-electron chi connectivity index (χ0n) is 15.9. The first-order valence-corrected chi connectivity index (χ1v) is 10.1. The lowest BCUT2D eigenvalue weighted by Gasteiger charge is -2.26. The smallest absolute Gasteiger partial charge is 0.342 e. The van der Waals surface area contributed by atoms with Crippen molar-refractivity contribution in [1.29, 1.82) is 0 Å². The summed E-state index contributed by atoms with van der Waals surface area (Å²) in [5.41, 5.74) is 2.28. The number of rotatable bonds is 7. The first-order chi connectivity index (χ1) is 13.9. The van der Waals surface area contributed by atoms with Crippen LogP contribution >= 0.6 is 11.6 Å². The Balaban J connectivity index is 1.56. The molecule has 0 spiro atoms. The van der Waals surface area contributed by atoms with E-state index in [9.17, 15) is 13.2 Å². The average molecular weight is 424 g/mol. The van der Waals surface area contributed by atoms with Crippen LogP contribution in [-0.4, -0.2) is 25.4 Å². The summed E-state index contributed by atoms with van der Waals surface area (Å²) in [6.45, 7) is 2.13. The summed E-state index contributed by atoms with van der Waals surface area (Å²) in [6.07, 6.45) is 1.84. The van der Waals surface area contributed by atoms with Crippen LogP contribution < -0.4 is 0 Å². The van der Waals surface area contributed by atoms with E-state index in [-0.39, 0.29) is 10.9 Å². The largest absolute Gasteiger partial charge is 0.416 e. The molecule has 1 aliphatic rings. The fourth-order valence-corrected chi connectivity index (χ4v) is 4.41. The fourth-order valence-electron chi connectivity index (χ4n) is 4.14. The third-order valence-corrected chi connectivity index (χ3v) is 6.16. The molecule has 4 rings (SSSR count). The lowest BCUT2D eigenvalue weighted by atomic mass is 9.79. The molecular weight excluding hydrogens is 403 g/mol. The van der Waals surface area contributed by atoms with Gasteiger partial charge in [0.05, 0.1) is 17.6 Å². The molecule has 9 heteroatoms. The molecule has 1 N–H and O–H groups in total. The first kappa shape index (κ1) is 20.1. The number of aromatic amines is 1. The van der Waals surface area contributed by atoms with Crippen molar-refractivity contribution < 1.29 is 13.2 Å². The van der Waals surface area contributed by atoms with Gasteiger partial charge in [0.25, 0.3) is 0 Å². The number of imidazole rings is 1. The number of nitrogens with one attached hydrogen (secondary N) is 1. The molecule has 2 atom stereocenters. The molecule has 0 aliphatic heterocycles. The van der Waals surface area contributed by atoms with Gasteiger partial charge in [-0.2, -0.15) is 13.2 Å². The second-order valence-corrected chi connectivity index (χ2v) is 8.06. The van der Waals surface area contributed by atoms with Crippen LogP contribution in [0.15, 0.2) is 24.5 Å². The summed E-state index contributed by atoms with van der Waals surface area (Å²) in [5.74, 6) is 1.06. The molecule has 2 heterocycles. The molecule has 1 fully saturated rings. The van der Waals surface area contributed by atoms with Gasteiger partial charge in [0.15, 0.2) is 0 Å². The van der Waals surface area contributed by atoms with E-state index in [1.165, 1.54) is 6.07 Å². The Hall–Kier alpha value is -2.22. The number of nitrogens with zero attached hydrogens (tertiary/aromatic N) is 4. The van der Waals surface area contributed by atoms with Crippen molar-refractivity contribution in [3.63, 3.8) is 0 Å². The summed E-state index contributed by atoms with van der Waals surface area (Å²) in [5, 5.41) is 12.4. The van der Waals surface area contributed by atoms with Gasteiger partial charge in [0, 0.05) is 10.9 Å². The topological polar surface area (TPSA) is 67.3 Å². The van der Waals surface area contributed by atoms with Crippen molar-refractivity contribution in [3.8, 4) is 0 Å². The number of aromatic nitrogens is 5. The van der Waals surface area contributed by atoms with Crippen molar-refractivity contribution in [2.24, 2.45) is 11.8 Å². The number of aryl methyl sites for hydroxylation is 1. The molecular formula is C20H21ClF3N5. The molecule has 3 aromatic rings. The van der Waals surface area contributed by atoms with E-state index in [2.05, 4.69) is 32.3 Å². The SMILES string of the molecule is CCC(CCc1ccc(C(F)(F)F)cc1Cl)C(c1nnnc2nc[nH]c12)C1CC1. The second-order valence-electron chi connectivity index (χ2n) is 7.65. The number of halogens is 4. The lowest BCUT2D eigenvalue weighted by molar-refractivity contribution is -0.137.